The first-order chi connectivity index (χ1) is 29.5. The molecule has 0 bridgehead atoms. The lowest BCUT2D eigenvalue weighted by molar-refractivity contribution is -0.283. The average molecular weight is 860 g/mol. The number of carbonyl (C=O) groups excluding carboxylic acids is 1. The lowest BCUT2D eigenvalue weighted by Gasteiger charge is -2.45. The number of unbranched alkanes of at least 4 members (excludes halogenated alkanes) is 24. The van der Waals surface area contributed by atoms with Gasteiger partial charge in [0.05, 0.1) is 18.8 Å². The Kier molecular flexibility index (Phi) is 26.8. The molecule has 1 amide bonds. The van der Waals surface area contributed by atoms with Crippen LogP contribution in [0.15, 0.2) is 72.8 Å². The normalized spacial score (nSPS) is 17.5. The zero-order chi connectivity index (χ0) is 44.1. The van der Waals surface area contributed by atoms with E-state index < -0.39 is 20.2 Å². The third-order valence-corrected chi connectivity index (χ3v) is 17.9. The van der Waals surface area contributed by atoms with Crippen LogP contribution in [-0.2, 0) is 18.7 Å². The first-order valence-electron chi connectivity index (χ1n) is 25.6. The maximum Gasteiger partial charge on any atom is 0.262 e. The van der Waals surface area contributed by atoms with E-state index >= 15 is 0 Å². The number of amides is 1. The molecule has 346 valence electrons. The van der Waals surface area contributed by atoms with Crippen LogP contribution in [0.5, 0.6) is 0 Å². The Morgan fingerprint density at radius 2 is 1.08 bits per heavy atom. The summed E-state index contributed by atoms with van der Waals surface area (Å²) in [6.45, 7) is 15.8. The van der Waals surface area contributed by atoms with Gasteiger partial charge in [-0.15, -0.1) is 0 Å². The Morgan fingerprint density at radius 3 is 1.51 bits per heavy atom. The fraction of sp³-hybridized carbons (Fsp3) is 0.727. The summed E-state index contributed by atoms with van der Waals surface area (Å²) < 4.78 is 20.3. The maximum absolute atomic E-state index is 14.8. The van der Waals surface area contributed by atoms with Crippen molar-refractivity contribution in [2.24, 2.45) is 0 Å². The van der Waals surface area contributed by atoms with Crippen LogP contribution >= 0.6 is 0 Å². The van der Waals surface area contributed by atoms with Gasteiger partial charge in [-0.1, -0.05) is 262 Å². The molecule has 2 aromatic carbocycles. The topological polar surface area (TPSA) is 56.8 Å². The van der Waals surface area contributed by atoms with Gasteiger partial charge in [-0.3, -0.25) is 4.79 Å². The van der Waals surface area contributed by atoms with E-state index in [9.17, 15) is 4.79 Å². The number of benzene rings is 2. The van der Waals surface area contributed by atoms with Gasteiger partial charge in [0.15, 0.2) is 5.79 Å². The van der Waals surface area contributed by atoms with Gasteiger partial charge >= 0.3 is 0 Å². The van der Waals surface area contributed by atoms with Gasteiger partial charge < -0.3 is 19.2 Å². The van der Waals surface area contributed by atoms with Crippen molar-refractivity contribution in [1.29, 1.82) is 0 Å². The van der Waals surface area contributed by atoms with E-state index in [4.69, 9.17) is 13.9 Å². The highest BCUT2D eigenvalue weighted by Gasteiger charge is 2.52. The van der Waals surface area contributed by atoms with Crippen molar-refractivity contribution in [1.82, 2.24) is 5.32 Å². The molecule has 0 saturated carbocycles. The molecule has 3 rings (SSSR count). The minimum atomic E-state index is -3.01. The molecule has 0 aliphatic carbocycles. The van der Waals surface area contributed by atoms with Crippen LogP contribution in [0.1, 0.15) is 222 Å². The molecule has 61 heavy (non-hydrogen) atoms. The standard InChI is InChI=1S/C55H93NO4Si/c1-8-10-12-14-16-18-20-22-24-26-28-30-32-40-46-52(60-61(54(3,4)5,48-41-35-33-36-42-48)49-43-37-34-38-44-49)53(57)56-50-47-58-55(6,7)59-51(50)45-39-31-29-27-25-23-21-19-17-15-13-11-9-2/h33-38,40-44,46,50-52H,8-32,39,45,47H2,1-7H3,(H,56,57)/b46-40+/t50-,51+,52+/m0/s1. The zero-order valence-electron chi connectivity index (χ0n) is 40.6. The largest absolute Gasteiger partial charge is 0.392 e. The highest BCUT2D eigenvalue weighted by atomic mass is 28.4. The van der Waals surface area contributed by atoms with E-state index in [-0.39, 0.29) is 23.1 Å². The summed E-state index contributed by atoms with van der Waals surface area (Å²) in [5.74, 6) is -0.785. The first kappa shape index (κ1) is 53.1. The van der Waals surface area contributed by atoms with Crippen LogP contribution in [0.25, 0.3) is 0 Å². The van der Waals surface area contributed by atoms with Crippen LogP contribution in [0, 0.1) is 0 Å². The Morgan fingerprint density at radius 1 is 0.672 bits per heavy atom. The summed E-state index contributed by atoms with van der Waals surface area (Å²) in [7, 11) is -3.01. The first-order valence-corrected chi connectivity index (χ1v) is 27.5. The van der Waals surface area contributed by atoms with Crippen LogP contribution in [0.3, 0.4) is 0 Å². The predicted molar refractivity (Wildman–Crippen MR) is 264 cm³/mol. The van der Waals surface area contributed by atoms with Crippen molar-refractivity contribution in [2.45, 2.75) is 251 Å². The zero-order valence-corrected chi connectivity index (χ0v) is 41.6. The molecule has 2 aromatic rings. The summed E-state index contributed by atoms with van der Waals surface area (Å²) >= 11 is 0. The van der Waals surface area contributed by atoms with Gasteiger partial charge in [0.2, 0.25) is 0 Å². The van der Waals surface area contributed by atoms with Crippen molar-refractivity contribution in [3.63, 3.8) is 0 Å². The number of ether oxygens (including phenoxy) is 2. The third-order valence-electron chi connectivity index (χ3n) is 12.9. The molecule has 1 aliphatic rings. The third kappa shape index (κ3) is 20.4. The molecule has 3 atom stereocenters. The van der Waals surface area contributed by atoms with E-state index in [1.54, 1.807) is 0 Å². The van der Waals surface area contributed by atoms with E-state index in [0.29, 0.717) is 6.61 Å². The van der Waals surface area contributed by atoms with Crippen molar-refractivity contribution in [2.75, 3.05) is 6.61 Å². The quantitative estimate of drug-likeness (QED) is 0.0433. The number of allylic oxidation sites excluding steroid dienone is 1. The summed E-state index contributed by atoms with van der Waals surface area (Å²) in [4.78, 5) is 14.8. The van der Waals surface area contributed by atoms with Gasteiger partial charge in [0.25, 0.3) is 14.2 Å². The lowest BCUT2D eigenvalue weighted by atomic mass is 10.00. The molecular weight excluding hydrogens is 767 g/mol. The fourth-order valence-electron chi connectivity index (χ4n) is 9.29. The monoisotopic (exact) mass is 860 g/mol. The van der Waals surface area contributed by atoms with Gasteiger partial charge in [0.1, 0.15) is 6.10 Å². The predicted octanol–water partition coefficient (Wildman–Crippen LogP) is 14.7. The van der Waals surface area contributed by atoms with Crippen molar-refractivity contribution in [3.8, 4) is 0 Å². The van der Waals surface area contributed by atoms with Crippen molar-refractivity contribution >= 4 is 24.6 Å². The number of nitrogens with one attached hydrogen (secondary N) is 1. The molecule has 5 nitrogen and oxygen atoms in total. The highest BCUT2D eigenvalue weighted by Crippen LogP contribution is 2.38. The SMILES string of the molecule is CCCCCCCCCCCCCC/C=C/[C@@H](O[Si](c1ccccc1)(c1ccccc1)C(C)(C)C)C(=O)N[C@H]1COC(C)(C)O[C@@H]1CCCCCCCCCCCCCCC. The van der Waals surface area contributed by atoms with Gasteiger partial charge in [-0.05, 0) is 48.5 Å². The highest BCUT2D eigenvalue weighted by molar-refractivity contribution is 6.99. The van der Waals surface area contributed by atoms with Gasteiger partial charge in [0, 0.05) is 0 Å². The van der Waals surface area contributed by atoms with Gasteiger partial charge in [-0.25, -0.2) is 0 Å². The molecule has 1 saturated heterocycles. The summed E-state index contributed by atoms with van der Waals surface area (Å²) in [6.07, 6.45) is 38.5. The summed E-state index contributed by atoms with van der Waals surface area (Å²) in [5, 5.41) is 5.53. The van der Waals surface area contributed by atoms with E-state index in [1.165, 1.54) is 158 Å². The molecule has 6 heteroatoms. The second-order valence-corrected chi connectivity index (χ2v) is 24.1. The molecule has 1 fully saturated rings. The van der Waals surface area contributed by atoms with E-state index in [2.05, 4.69) is 113 Å². The van der Waals surface area contributed by atoms with Gasteiger partial charge in [-0.2, -0.15) is 0 Å². The summed E-state index contributed by atoms with van der Waals surface area (Å²) in [5.41, 5.74) is 0. The molecule has 0 radical (unpaired) electrons. The van der Waals surface area contributed by atoms with Crippen LogP contribution in [0.2, 0.25) is 5.04 Å². The number of carbonyl (C=O) groups is 1. The Labute approximate surface area is 377 Å². The second-order valence-electron chi connectivity index (χ2n) is 19.8. The van der Waals surface area contributed by atoms with E-state index in [0.717, 1.165) is 25.7 Å². The van der Waals surface area contributed by atoms with Crippen LogP contribution < -0.4 is 15.7 Å². The van der Waals surface area contributed by atoms with Crippen molar-refractivity contribution in [3.05, 3.63) is 72.8 Å². The maximum atomic E-state index is 14.8. The number of hydrogen-bond donors (Lipinski definition) is 1. The van der Waals surface area contributed by atoms with Crippen molar-refractivity contribution < 1.29 is 18.7 Å². The Balaban J connectivity index is 1.67. The molecule has 1 aliphatic heterocycles. The molecule has 1 N–H and O–H groups in total. The summed E-state index contributed by atoms with van der Waals surface area (Å²) in [6, 6.07) is 21.1. The molecule has 0 aromatic heterocycles. The number of rotatable bonds is 34. The molecule has 0 spiro atoms. The lowest BCUT2D eigenvalue weighted by Crippen LogP contribution is -2.69. The van der Waals surface area contributed by atoms with Crippen LogP contribution in [-0.4, -0.2) is 44.9 Å². The Bertz CT molecular complexity index is 1370. The van der Waals surface area contributed by atoms with Crippen LogP contribution in [0.4, 0.5) is 0 Å². The molecular formula is C55H93NO4Si. The minimum absolute atomic E-state index is 0.105. The Hall–Kier alpha value is -2.25. The second kappa shape index (κ2) is 30.8. The minimum Gasteiger partial charge on any atom is -0.392 e. The average Bonchev–Trinajstić information content (AvgIpc) is 3.24. The fourth-order valence-corrected chi connectivity index (χ4v) is 13.9. The molecule has 0 unspecified atom stereocenters. The molecule has 1 heterocycles. The van der Waals surface area contributed by atoms with E-state index in [1.807, 2.05) is 13.8 Å². The smallest absolute Gasteiger partial charge is 0.262 e. The number of hydrogen-bond acceptors (Lipinski definition) is 4.